The molecule has 3 rings (SSSR count). The predicted octanol–water partition coefficient (Wildman–Crippen LogP) is 2.78. The number of rotatable bonds is 4. The third-order valence-corrected chi connectivity index (χ3v) is 5.56. The van der Waals surface area contributed by atoms with Gasteiger partial charge in [-0.1, -0.05) is 42.0 Å². The number of pyridine rings is 1. The Bertz CT molecular complexity index is 1080. The summed E-state index contributed by atoms with van der Waals surface area (Å²) < 4.78 is 25.2. The third-order valence-electron chi connectivity index (χ3n) is 4.00. The Morgan fingerprint density at radius 2 is 1.62 bits per heavy atom. The topological polar surface area (TPSA) is 88.2 Å². The molecular weight excluding hydrogens is 350 g/mol. The van der Waals surface area contributed by atoms with Gasteiger partial charge in [0.05, 0.1) is 10.4 Å². The zero-order chi connectivity index (χ0) is 18.9. The van der Waals surface area contributed by atoms with Crippen LogP contribution in [-0.4, -0.2) is 19.3 Å². The normalized spacial score (nSPS) is 11.5. The molecule has 0 radical (unpaired) electrons. The summed E-state index contributed by atoms with van der Waals surface area (Å²) in [6.45, 7) is 5.35. The molecule has 0 saturated carbocycles. The zero-order valence-corrected chi connectivity index (χ0v) is 15.5. The van der Waals surface area contributed by atoms with E-state index < -0.39 is 15.9 Å². The largest absolute Gasteiger partial charge is 0.284 e. The molecule has 1 amide bonds. The van der Waals surface area contributed by atoms with Gasteiger partial charge in [0.1, 0.15) is 5.69 Å². The van der Waals surface area contributed by atoms with Crippen molar-refractivity contribution in [2.45, 2.75) is 25.7 Å². The van der Waals surface area contributed by atoms with Gasteiger partial charge in [0.2, 0.25) is 0 Å². The van der Waals surface area contributed by atoms with E-state index in [4.69, 9.17) is 0 Å². The number of carbonyl (C=O) groups excluding carboxylic acids is 1. The van der Waals surface area contributed by atoms with Crippen LogP contribution in [0.15, 0.2) is 53.4 Å². The van der Waals surface area contributed by atoms with Crippen LogP contribution in [-0.2, 0) is 10.0 Å². The van der Waals surface area contributed by atoms with Crippen LogP contribution in [0.25, 0.3) is 10.9 Å². The van der Waals surface area contributed by atoms with Gasteiger partial charge >= 0.3 is 0 Å². The fourth-order valence-corrected chi connectivity index (χ4v) is 4.31. The maximum Gasteiger partial charge on any atom is 0.284 e. The van der Waals surface area contributed by atoms with Gasteiger partial charge in [0.25, 0.3) is 15.9 Å². The summed E-state index contributed by atoms with van der Waals surface area (Å²) in [5, 5.41) is 0.899. The van der Waals surface area contributed by atoms with Crippen LogP contribution in [0.4, 0.5) is 0 Å². The lowest BCUT2D eigenvalue weighted by atomic mass is 10.1. The van der Waals surface area contributed by atoms with Gasteiger partial charge < -0.3 is 0 Å². The highest BCUT2D eigenvalue weighted by molar-refractivity contribution is 7.89. The van der Waals surface area contributed by atoms with E-state index in [1.54, 1.807) is 44.2 Å². The summed E-state index contributed by atoms with van der Waals surface area (Å²) >= 11 is 0. The Labute approximate surface area is 152 Å². The van der Waals surface area contributed by atoms with Crippen molar-refractivity contribution in [2.75, 3.05) is 0 Å². The molecule has 1 heterocycles. The van der Waals surface area contributed by atoms with Gasteiger partial charge in [0, 0.05) is 5.39 Å². The third kappa shape index (κ3) is 3.58. The van der Waals surface area contributed by atoms with Crippen molar-refractivity contribution in [1.29, 1.82) is 0 Å². The van der Waals surface area contributed by atoms with Crippen LogP contribution in [0.3, 0.4) is 0 Å². The molecule has 26 heavy (non-hydrogen) atoms. The van der Waals surface area contributed by atoms with Crippen molar-refractivity contribution in [3.63, 3.8) is 0 Å². The number of hydrogen-bond donors (Lipinski definition) is 2. The number of nitrogens with one attached hydrogen (secondary N) is 2. The highest BCUT2D eigenvalue weighted by Crippen LogP contribution is 2.21. The van der Waals surface area contributed by atoms with E-state index in [1.807, 2.05) is 25.1 Å². The quantitative estimate of drug-likeness (QED) is 0.692. The van der Waals surface area contributed by atoms with E-state index in [-0.39, 0.29) is 10.6 Å². The van der Waals surface area contributed by atoms with E-state index in [2.05, 4.69) is 15.2 Å². The van der Waals surface area contributed by atoms with Gasteiger partial charge in [-0.05, 0) is 44.0 Å². The highest BCUT2D eigenvalue weighted by Gasteiger charge is 2.21. The number of sulfonamides is 1. The number of aryl methyl sites for hydroxylation is 3. The first-order valence-electron chi connectivity index (χ1n) is 8.04. The second-order valence-corrected chi connectivity index (χ2v) is 7.80. The standard InChI is InChI=1S/C19H19N3O3S/c1-12-10-13(2)18(14(3)11-12)26(24,25)22-21-19(23)17-9-8-15-6-4-5-7-16(15)20-17/h4-11,22H,1-3H3,(H,21,23). The summed E-state index contributed by atoms with van der Waals surface area (Å²) in [7, 11) is -3.89. The highest BCUT2D eigenvalue weighted by atomic mass is 32.2. The number of para-hydroxylation sites is 1. The fourth-order valence-electron chi connectivity index (χ4n) is 3.01. The second-order valence-electron chi connectivity index (χ2n) is 6.18. The summed E-state index contributed by atoms with van der Waals surface area (Å²) in [5.74, 6) is -0.623. The van der Waals surface area contributed by atoms with Crippen LogP contribution in [0, 0.1) is 20.8 Å². The lowest BCUT2D eigenvalue weighted by Gasteiger charge is -2.13. The molecule has 1 aromatic heterocycles. The Balaban J connectivity index is 1.82. The molecule has 0 saturated heterocycles. The smallest absolute Gasteiger partial charge is 0.272 e. The number of aromatic nitrogens is 1. The number of hydrogen-bond acceptors (Lipinski definition) is 4. The molecule has 0 spiro atoms. The minimum absolute atomic E-state index is 0.128. The summed E-state index contributed by atoms with van der Waals surface area (Å²) in [5.41, 5.74) is 5.23. The lowest BCUT2D eigenvalue weighted by Crippen LogP contribution is -2.42. The van der Waals surface area contributed by atoms with Crippen molar-refractivity contribution in [3.8, 4) is 0 Å². The van der Waals surface area contributed by atoms with Crippen molar-refractivity contribution in [2.24, 2.45) is 0 Å². The maximum absolute atomic E-state index is 12.6. The maximum atomic E-state index is 12.6. The first-order chi connectivity index (χ1) is 12.3. The zero-order valence-electron chi connectivity index (χ0n) is 14.7. The summed E-state index contributed by atoms with van der Waals surface area (Å²) in [4.78, 5) is 18.9. The van der Waals surface area contributed by atoms with Crippen LogP contribution < -0.4 is 10.3 Å². The number of hydrazine groups is 1. The summed E-state index contributed by atoms with van der Waals surface area (Å²) in [6, 6.07) is 14.3. The first-order valence-corrected chi connectivity index (χ1v) is 9.52. The second kappa shape index (κ2) is 6.86. The molecule has 6 nitrogen and oxygen atoms in total. The lowest BCUT2D eigenvalue weighted by molar-refractivity contribution is 0.0940. The molecule has 0 unspecified atom stereocenters. The molecule has 3 aromatic rings. The average Bonchev–Trinajstić information content (AvgIpc) is 2.58. The summed E-state index contributed by atoms with van der Waals surface area (Å²) in [6.07, 6.45) is 0. The van der Waals surface area contributed by atoms with Crippen LogP contribution >= 0.6 is 0 Å². The van der Waals surface area contributed by atoms with E-state index in [0.717, 1.165) is 10.9 Å². The van der Waals surface area contributed by atoms with E-state index in [1.165, 1.54) is 0 Å². The Kier molecular flexibility index (Phi) is 4.76. The fraction of sp³-hybridized carbons (Fsp3) is 0.158. The molecule has 0 bridgehead atoms. The molecule has 0 atom stereocenters. The molecule has 134 valence electrons. The number of benzene rings is 2. The van der Waals surface area contributed by atoms with E-state index in [0.29, 0.717) is 16.6 Å². The van der Waals surface area contributed by atoms with Crippen molar-refractivity contribution >= 4 is 26.8 Å². The Morgan fingerprint density at radius 1 is 0.962 bits per heavy atom. The average molecular weight is 369 g/mol. The minimum atomic E-state index is -3.89. The monoisotopic (exact) mass is 369 g/mol. The molecule has 0 fully saturated rings. The molecule has 7 heteroatoms. The number of nitrogens with zero attached hydrogens (tertiary/aromatic N) is 1. The van der Waals surface area contributed by atoms with Crippen molar-refractivity contribution in [1.82, 2.24) is 15.2 Å². The van der Waals surface area contributed by atoms with Crippen molar-refractivity contribution in [3.05, 3.63) is 70.9 Å². The number of carbonyl (C=O) groups is 1. The molecular formula is C19H19N3O3S. The van der Waals surface area contributed by atoms with Gasteiger partial charge in [-0.2, -0.15) is 0 Å². The van der Waals surface area contributed by atoms with Gasteiger partial charge in [-0.15, -0.1) is 4.83 Å². The van der Waals surface area contributed by atoms with Gasteiger partial charge in [-0.25, -0.2) is 13.4 Å². The van der Waals surface area contributed by atoms with Gasteiger partial charge in [0.15, 0.2) is 0 Å². The molecule has 2 N–H and O–H groups in total. The molecule has 0 aliphatic carbocycles. The van der Waals surface area contributed by atoms with E-state index >= 15 is 0 Å². The van der Waals surface area contributed by atoms with E-state index in [9.17, 15) is 13.2 Å². The number of amides is 1. The van der Waals surface area contributed by atoms with Crippen LogP contribution in [0.5, 0.6) is 0 Å². The van der Waals surface area contributed by atoms with Crippen molar-refractivity contribution < 1.29 is 13.2 Å². The predicted molar refractivity (Wildman–Crippen MR) is 100 cm³/mol. The minimum Gasteiger partial charge on any atom is -0.272 e. The molecule has 0 aliphatic rings. The molecule has 0 aliphatic heterocycles. The van der Waals surface area contributed by atoms with Crippen LogP contribution in [0.2, 0.25) is 0 Å². The Hall–Kier alpha value is -2.77. The van der Waals surface area contributed by atoms with Gasteiger partial charge in [-0.3, -0.25) is 10.2 Å². The van der Waals surface area contributed by atoms with Crippen LogP contribution in [0.1, 0.15) is 27.2 Å². The first kappa shape index (κ1) is 18.0. The molecule has 2 aromatic carbocycles. The Morgan fingerprint density at radius 3 is 2.31 bits per heavy atom. The number of fused-ring (bicyclic) bond motifs is 1. The SMILES string of the molecule is Cc1cc(C)c(S(=O)(=O)NNC(=O)c2ccc3ccccc3n2)c(C)c1.